The Morgan fingerprint density at radius 1 is 1.23 bits per heavy atom. The van der Waals surface area contributed by atoms with Crippen molar-refractivity contribution in [3.8, 4) is 11.8 Å². The monoisotopic (exact) mass is 404 g/mol. The molecule has 0 aromatic carbocycles. The number of aromatic hydroxyl groups is 2. The smallest absolute Gasteiger partial charge is 0.276 e. The predicted molar refractivity (Wildman–Crippen MR) is 97.0 cm³/mol. The van der Waals surface area contributed by atoms with Crippen molar-refractivity contribution in [2.24, 2.45) is 21.5 Å². The summed E-state index contributed by atoms with van der Waals surface area (Å²) in [4.78, 5) is 17.6. The fraction of sp³-hybridized carbons (Fsp3) is 0.385. The zero-order valence-corrected chi connectivity index (χ0v) is 16.2. The summed E-state index contributed by atoms with van der Waals surface area (Å²) in [7, 11) is 1.81. The molecule has 1 aliphatic rings. The van der Waals surface area contributed by atoms with Crippen LogP contribution >= 0.6 is 11.6 Å². The average molecular weight is 405 g/mol. The van der Waals surface area contributed by atoms with Crippen molar-refractivity contribution in [1.82, 2.24) is 14.5 Å². The molecule has 0 spiro atoms. The van der Waals surface area contributed by atoms with Gasteiger partial charge in [-0.2, -0.15) is 9.50 Å². The van der Waals surface area contributed by atoms with Crippen LogP contribution in [0.5, 0.6) is 11.8 Å². The van der Waals surface area contributed by atoms with E-state index in [0.29, 0.717) is 0 Å². The van der Waals surface area contributed by atoms with Crippen molar-refractivity contribution in [3.05, 3.63) is 5.02 Å². The van der Waals surface area contributed by atoms with Gasteiger partial charge in [0.1, 0.15) is 10.7 Å². The van der Waals surface area contributed by atoms with Crippen LogP contribution in [-0.2, 0) is 21.9 Å². The van der Waals surface area contributed by atoms with Crippen molar-refractivity contribution < 1.29 is 23.4 Å². The first-order chi connectivity index (χ1) is 11.8. The fourth-order valence-corrected chi connectivity index (χ4v) is 2.80. The first-order valence-corrected chi connectivity index (χ1v) is 9.27. The Morgan fingerprint density at radius 3 is 2.23 bits per heavy atom. The maximum atomic E-state index is 12.3. The van der Waals surface area contributed by atoms with Gasteiger partial charge in [0.05, 0.1) is 6.26 Å². The van der Waals surface area contributed by atoms with E-state index in [2.05, 4.69) is 14.5 Å². The van der Waals surface area contributed by atoms with Crippen LogP contribution in [0.2, 0.25) is 5.02 Å². The molecular weight excluding hydrogens is 388 g/mol. The van der Waals surface area contributed by atoms with Crippen LogP contribution in [0.3, 0.4) is 0 Å². The molecule has 142 valence electrons. The van der Waals surface area contributed by atoms with Gasteiger partial charge in [-0.3, -0.25) is 9.36 Å². The van der Waals surface area contributed by atoms with E-state index in [1.165, 1.54) is 33.1 Å². The number of rotatable bonds is 3. The van der Waals surface area contributed by atoms with Gasteiger partial charge in [-0.25, -0.2) is 18.4 Å². The standard InChI is InChI=1S/C13H17ClN6O5S/c1-18(2)12(22)9-8(17-26(5,24)25)10(20(4)16-9)15-7-6(14)11(21)19(3)13(7)23/h21,23H,1-5H3. The number of aliphatic imine (C=N–C) groups is 1. The molecule has 1 aromatic rings. The van der Waals surface area contributed by atoms with E-state index in [1.807, 2.05) is 0 Å². The van der Waals surface area contributed by atoms with Crippen molar-refractivity contribution >= 4 is 50.5 Å². The molecule has 0 aliphatic carbocycles. The molecule has 0 unspecified atom stereocenters. The highest BCUT2D eigenvalue weighted by Gasteiger charge is 2.35. The van der Waals surface area contributed by atoms with Crippen LogP contribution in [0, 0.1) is 0 Å². The number of carbonyl (C=O) groups excluding carboxylic acids is 1. The molecule has 11 nitrogen and oxygen atoms in total. The Hall–Kier alpha value is -2.60. The van der Waals surface area contributed by atoms with Crippen LogP contribution in [0.4, 0.5) is 5.69 Å². The molecule has 0 saturated carbocycles. The summed E-state index contributed by atoms with van der Waals surface area (Å²) < 4.78 is 27.9. The molecule has 0 radical (unpaired) electrons. The molecule has 0 fully saturated rings. The van der Waals surface area contributed by atoms with Crippen molar-refractivity contribution in [2.45, 2.75) is 0 Å². The van der Waals surface area contributed by atoms with Gasteiger partial charge in [-0.1, -0.05) is 11.6 Å². The SMILES string of the molecule is CN(C)C(=O)C1=NN(C)C(=Nc2c(Cl)c(O)n(C)c2O)C1=NS(C)(=O)=O. The van der Waals surface area contributed by atoms with Gasteiger partial charge in [0.2, 0.25) is 11.8 Å². The summed E-state index contributed by atoms with van der Waals surface area (Å²) in [6, 6.07) is 0. The molecule has 1 amide bonds. The van der Waals surface area contributed by atoms with E-state index in [1.54, 1.807) is 0 Å². The lowest BCUT2D eigenvalue weighted by atomic mass is 10.2. The number of carbonyl (C=O) groups is 1. The Bertz CT molecular complexity index is 950. The first-order valence-electron chi connectivity index (χ1n) is 7.04. The van der Waals surface area contributed by atoms with Gasteiger partial charge in [0, 0.05) is 28.2 Å². The lowest BCUT2D eigenvalue weighted by molar-refractivity contribution is -0.121. The van der Waals surface area contributed by atoms with Gasteiger partial charge in [-0.15, -0.1) is 0 Å². The zero-order chi connectivity index (χ0) is 20.0. The molecule has 1 aromatic heterocycles. The van der Waals surface area contributed by atoms with E-state index >= 15 is 0 Å². The third kappa shape index (κ3) is 3.51. The quantitative estimate of drug-likeness (QED) is 0.721. The van der Waals surface area contributed by atoms with Crippen molar-refractivity contribution in [1.29, 1.82) is 0 Å². The summed E-state index contributed by atoms with van der Waals surface area (Å²) in [5, 5.41) is 24.7. The van der Waals surface area contributed by atoms with Crippen molar-refractivity contribution in [3.63, 3.8) is 0 Å². The maximum Gasteiger partial charge on any atom is 0.276 e. The normalized spacial score (nSPS) is 17.9. The topological polar surface area (TPSA) is 140 Å². The molecule has 2 heterocycles. The number of amidine groups is 1. The minimum Gasteiger partial charge on any atom is -0.493 e. The average Bonchev–Trinajstić information content (AvgIpc) is 2.91. The maximum absolute atomic E-state index is 12.3. The summed E-state index contributed by atoms with van der Waals surface area (Å²) in [5.74, 6) is -1.62. The molecule has 0 saturated heterocycles. The first kappa shape index (κ1) is 19.7. The number of nitrogens with zero attached hydrogens (tertiary/aromatic N) is 6. The highest BCUT2D eigenvalue weighted by Crippen LogP contribution is 2.43. The van der Waals surface area contributed by atoms with Gasteiger partial charge < -0.3 is 15.1 Å². The lowest BCUT2D eigenvalue weighted by Crippen LogP contribution is -2.36. The van der Waals surface area contributed by atoms with Crippen LogP contribution in [-0.4, -0.2) is 83.7 Å². The number of aromatic nitrogens is 1. The van der Waals surface area contributed by atoms with Crippen LogP contribution in [0.25, 0.3) is 0 Å². The highest BCUT2D eigenvalue weighted by molar-refractivity contribution is 7.89. The highest BCUT2D eigenvalue weighted by atomic mass is 35.5. The van der Waals surface area contributed by atoms with E-state index in [9.17, 15) is 23.4 Å². The van der Waals surface area contributed by atoms with E-state index in [0.717, 1.165) is 15.8 Å². The zero-order valence-electron chi connectivity index (χ0n) is 14.6. The predicted octanol–water partition coefficient (Wildman–Crippen LogP) is -0.0901. The third-order valence-electron chi connectivity index (χ3n) is 3.33. The molecule has 2 rings (SSSR count). The summed E-state index contributed by atoms with van der Waals surface area (Å²) in [6.45, 7) is 0. The fourth-order valence-electron chi connectivity index (χ4n) is 2.05. The van der Waals surface area contributed by atoms with Crippen LogP contribution in [0.1, 0.15) is 0 Å². The van der Waals surface area contributed by atoms with E-state index in [-0.39, 0.29) is 28.0 Å². The van der Waals surface area contributed by atoms with Crippen LogP contribution < -0.4 is 0 Å². The van der Waals surface area contributed by atoms with Gasteiger partial charge in [0.15, 0.2) is 17.3 Å². The van der Waals surface area contributed by atoms with E-state index in [4.69, 9.17) is 11.6 Å². The van der Waals surface area contributed by atoms with Crippen molar-refractivity contribution in [2.75, 3.05) is 27.4 Å². The summed E-state index contributed by atoms with van der Waals surface area (Å²) >= 11 is 5.95. The third-order valence-corrected chi connectivity index (χ3v) is 4.19. The molecule has 0 bridgehead atoms. The molecule has 2 N–H and O–H groups in total. The van der Waals surface area contributed by atoms with Gasteiger partial charge in [-0.05, 0) is 0 Å². The molecule has 1 aliphatic heterocycles. The number of hydrazone groups is 1. The number of amides is 1. The van der Waals surface area contributed by atoms with Gasteiger partial charge in [0.25, 0.3) is 15.9 Å². The van der Waals surface area contributed by atoms with Crippen LogP contribution in [0.15, 0.2) is 14.5 Å². The minimum absolute atomic E-state index is 0.136. The second-order valence-corrected chi connectivity index (χ2v) is 7.68. The Morgan fingerprint density at radius 2 is 1.81 bits per heavy atom. The largest absolute Gasteiger partial charge is 0.493 e. The number of hydrogen-bond acceptors (Lipinski definition) is 7. The Kier molecular flexibility index (Phi) is 5.01. The second-order valence-electron chi connectivity index (χ2n) is 5.65. The lowest BCUT2D eigenvalue weighted by Gasteiger charge is -2.09. The molecule has 0 atom stereocenters. The molecule has 26 heavy (non-hydrogen) atoms. The summed E-state index contributed by atoms with van der Waals surface area (Å²) in [6.07, 6.45) is 0.854. The van der Waals surface area contributed by atoms with Gasteiger partial charge >= 0.3 is 0 Å². The Labute approximate surface area is 154 Å². The molecule has 13 heteroatoms. The van der Waals surface area contributed by atoms with E-state index < -0.39 is 27.7 Å². The number of halogens is 1. The summed E-state index contributed by atoms with van der Waals surface area (Å²) in [5.41, 5.74) is -0.756. The number of sulfonamides is 1. The Balaban J connectivity index is 2.71. The number of hydrogen-bond donors (Lipinski definition) is 2. The molecular formula is C13H17ClN6O5S. The minimum atomic E-state index is -3.89. The second kappa shape index (κ2) is 6.61.